The van der Waals surface area contributed by atoms with Gasteiger partial charge in [0.25, 0.3) is 11.5 Å². The van der Waals surface area contributed by atoms with Crippen molar-refractivity contribution in [1.29, 1.82) is 0 Å². The van der Waals surface area contributed by atoms with Gasteiger partial charge in [-0.3, -0.25) is 18.7 Å². The summed E-state index contributed by atoms with van der Waals surface area (Å²) in [6, 6.07) is 17.5. The van der Waals surface area contributed by atoms with Crippen molar-refractivity contribution in [3.05, 3.63) is 86.6 Å². The average molecular weight is 529 g/mol. The Hall–Kier alpha value is -4.07. The number of rotatable bonds is 8. The molecule has 0 radical (unpaired) electrons. The van der Waals surface area contributed by atoms with Gasteiger partial charge in [0.2, 0.25) is 0 Å². The molecule has 0 atom stereocenters. The summed E-state index contributed by atoms with van der Waals surface area (Å²) in [6.45, 7) is 9.74. The first-order valence-electron chi connectivity index (χ1n) is 13.8. The highest BCUT2D eigenvalue weighted by Gasteiger charge is 2.35. The van der Waals surface area contributed by atoms with E-state index in [2.05, 4.69) is 17.1 Å². The van der Waals surface area contributed by atoms with Crippen molar-refractivity contribution >= 4 is 16.9 Å². The average Bonchev–Trinajstić information content (AvgIpc) is 3.38. The van der Waals surface area contributed by atoms with E-state index in [1.165, 1.54) is 15.7 Å². The first-order chi connectivity index (χ1) is 18.7. The van der Waals surface area contributed by atoms with Crippen LogP contribution in [-0.4, -0.2) is 37.1 Å². The van der Waals surface area contributed by atoms with E-state index in [1.54, 1.807) is 18.4 Å². The second kappa shape index (κ2) is 10.6. The molecule has 0 bridgehead atoms. The lowest BCUT2D eigenvalue weighted by Crippen LogP contribution is -2.50. The Morgan fingerprint density at radius 3 is 2.31 bits per heavy atom. The third kappa shape index (κ3) is 5.03. The second-order valence-corrected chi connectivity index (χ2v) is 10.7. The van der Waals surface area contributed by atoms with Gasteiger partial charge in [0.15, 0.2) is 5.60 Å². The number of nitrogens with zero attached hydrogens (tertiary/aromatic N) is 3. The summed E-state index contributed by atoms with van der Waals surface area (Å²) in [6.07, 6.45) is 2.32. The number of aromatic nitrogens is 3. The summed E-state index contributed by atoms with van der Waals surface area (Å²) in [5.74, 6) is 0.535. The molecule has 2 aromatic heterocycles. The summed E-state index contributed by atoms with van der Waals surface area (Å²) >= 11 is 0. The molecule has 1 aliphatic heterocycles. The number of carbonyl (C=O) groups excluding carboxylic acids is 1. The van der Waals surface area contributed by atoms with Crippen molar-refractivity contribution < 1.29 is 9.53 Å². The molecule has 8 heteroatoms. The second-order valence-electron chi connectivity index (χ2n) is 10.7. The maximum Gasteiger partial charge on any atom is 0.331 e. The number of hydrogen-bond donors (Lipinski definition) is 1. The maximum atomic E-state index is 13.4. The highest BCUT2D eigenvalue weighted by molar-refractivity contribution is 5.85. The summed E-state index contributed by atoms with van der Waals surface area (Å²) in [4.78, 5) is 44.6. The molecule has 4 aromatic rings. The zero-order valence-corrected chi connectivity index (χ0v) is 23.1. The zero-order valence-electron chi connectivity index (χ0n) is 23.1. The fourth-order valence-electron chi connectivity index (χ4n) is 5.40. The fraction of sp³-hybridized carbons (Fsp3) is 0.387. The van der Waals surface area contributed by atoms with E-state index in [9.17, 15) is 14.4 Å². The monoisotopic (exact) mass is 528 g/mol. The fourth-order valence-corrected chi connectivity index (χ4v) is 5.40. The van der Waals surface area contributed by atoms with E-state index < -0.39 is 5.60 Å². The third-order valence-corrected chi connectivity index (χ3v) is 7.37. The van der Waals surface area contributed by atoms with Crippen LogP contribution in [0, 0.1) is 0 Å². The van der Waals surface area contributed by atoms with Gasteiger partial charge in [-0.15, -0.1) is 0 Å². The highest BCUT2D eigenvalue weighted by atomic mass is 16.5. The summed E-state index contributed by atoms with van der Waals surface area (Å²) in [5, 5.41) is 0. The number of ether oxygens (including phenoxy) is 1. The largest absolute Gasteiger partial charge is 0.478 e. The molecule has 1 N–H and O–H groups in total. The van der Waals surface area contributed by atoms with Crippen LogP contribution in [0.4, 0.5) is 0 Å². The smallest absolute Gasteiger partial charge is 0.331 e. The third-order valence-electron chi connectivity index (χ3n) is 7.37. The Bertz CT molecular complexity index is 1630. The molecule has 204 valence electrons. The van der Waals surface area contributed by atoms with Crippen LogP contribution in [0.25, 0.3) is 22.3 Å². The molecule has 0 saturated heterocycles. The van der Waals surface area contributed by atoms with Crippen LogP contribution in [0.3, 0.4) is 0 Å². The van der Waals surface area contributed by atoms with Gasteiger partial charge in [-0.25, -0.2) is 4.79 Å². The molecule has 3 heterocycles. The number of nitrogens with one attached hydrogen (secondary N) is 1. The first-order valence-corrected chi connectivity index (χ1v) is 13.8. The number of amides is 1. The molecule has 0 fully saturated rings. The first kappa shape index (κ1) is 26.5. The van der Waals surface area contributed by atoms with E-state index in [0.717, 1.165) is 24.1 Å². The minimum Gasteiger partial charge on any atom is -0.478 e. The predicted molar refractivity (Wildman–Crippen MR) is 153 cm³/mol. The minimum atomic E-state index is -1.03. The topological polar surface area (TPSA) is 89.3 Å². The summed E-state index contributed by atoms with van der Waals surface area (Å²) in [7, 11) is 0. The number of fused-ring (bicyclic) bond motifs is 2. The van der Waals surface area contributed by atoms with E-state index in [-0.39, 0.29) is 17.2 Å². The van der Waals surface area contributed by atoms with Crippen LogP contribution in [0.1, 0.15) is 51.7 Å². The van der Waals surface area contributed by atoms with E-state index >= 15 is 0 Å². The van der Waals surface area contributed by atoms with Gasteiger partial charge in [-0.1, -0.05) is 38.1 Å². The molecule has 1 aliphatic rings. The molecule has 8 nitrogen and oxygen atoms in total. The van der Waals surface area contributed by atoms with Crippen molar-refractivity contribution in [2.75, 3.05) is 6.54 Å². The predicted octanol–water partition coefficient (Wildman–Crippen LogP) is 4.72. The maximum absolute atomic E-state index is 13.4. The van der Waals surface area contributed by atoms with Crippen LogP contribution in [-0.2, 0) is 30.8 Å². The van der Waals surface area contributed by atoms with Gasteiger partial charge in [0.1, 0.15) is 11.3 Å². The summed E-state index contributed by atoms with van der Waals surface area (Å²) < 4.78 is 9.18. The SMILES string of the molecule is CCCn1c(=O)c2[nH]c(-c3ccc(OC(C)(C)C(=O)N4CCc5ccccc5C4)cc3)cc2n(CCC)c1=O. The number of aryl methyl sites for hydroxylation is 1. The lowest BCUT2D eigenvalue weighted by Gasteiger charge is -2.35. The molecule has 1 amide bonds. The molecular weight excluding hydrogens is 492 g/mol. The number of benzene rings is 2. The molecule has 2 aromatic carbocycles. The summed E-state index contributed by atoms with van der Waals surface area (Å²) in [5.41, 5.74) is 3.53. The van der Waals surface area contributed by atoms with Crippen LogP contribution < -0.4 is 16.0 Å². The zero-order chi connectivity index (χ0) is 27.7. The van der Waals surface area contributed by atoms with Crippen LogP contribution >= 0.6 is 0 Å². The van der Waals surface area contributed by atoms with Crippen molar-refractivity contribution in [3.8, 4) is 17.0 Å². The lowest BCUT2D eigenvalue weighted by atomic mass is 9.98. The van der Waals surface area contributed by atoms with Crippen molar-refractivity contribution in [2.45, 2.75) is 72.2 Å². The van der Waals surface area contributed by atoms with E-state index in [1.807, 2.05) is 61.2 Å². The van der Waals surface area contributed by atoms with Gasteiger partial charge in [-0.05, 0) is 80.1 Å². The van der Waals surface area contributed by atoms with Crippen LogP contribution in [0.2, 0.25) is 0 Å². The standard InChI is InChI=1S/C31H36N4O4/c1-5-16-34-26-19-25(32-27(26)28(36)35(17-6-2)30(34)38)22-11-13-24(14-12-22)39-31(3,4)29(37)33-18-15-21-9-7-8-10-23(21)20-33/h7-14,19,32H,5-6,15-18,20H2,1-4H3. The Morgan fingerprint density at radius 1 is 0.949 bits per heavy atom. The number of hydrogen-bond acceptors (Lipinski definition) is 4. The molecule has 0 aliphatic carbocycles. The van der Waals surface area contributed by atoms with Gasteiger partial charge in [0, 0.05) is 31.9 Å². The molecular formula is C31H36N4O4. The Labute approximate surface area is 227 Å². The Balaban J connectivity index is 1.38. The lowest BCUT2D eigenvalue weighted by molar-refractivity contribution is -0.146. The van der Waals surface area contributed by atoms with Crippen molar-refractivity contribution in [2.24, 2.45) is 0 Å². The van der Waals surface area contributed by atoms with E-state index in [0.29, 0.717) is 49.4 Å². The van der Waals surface area contributed by atoms with Gasteiger partial charge >= 0.3 is 5.69 Å². The van der Waals surface area contributed by atoms with E-state index in [4.69, 9.17) is 4.74 Å². The minimum absolute atomic E-state index is 0.0473. The quantitative estimate of drug-likeness (QED) is 0.358. The number of aromatic amines is 1. The molecule has 0 spiro atoms. The molecule has 0 unspecified atom stereocenters. The number of H-pyrrole nitrogens is 1. The van der Waals surface area contributed by atoms with Crippen molar-refractivity contribution in [3.63, 3.8) is 0 Å². The highest BCUT2D eigenvalue weighted by Crippen LogP contribution is 2.28. The Morgan fingerprint density at radius 2 is 1.62 bits per heavy atom. The molecule has 39 heavy (non-hydrogen) atoms. The van der Waals surface area contributed by atoms with Gasteiger partial charge in [0.05, 0.1) is 5.52 Å². The van der Waals surface area contributed by atoms with Crippen molar-refractivity contribution in [1.82, 2.24) is 19.0 Å². The van der Waals surface area contributed by atoms with Crippen LogP contribution in [0.5, 0.6) is 5.75 Å². The Kier molecular flexibility index (Phi) is 7.21. The number of carbonyl (C=O) groups is 1. The van der Waals surface area contributed by atoms with Crippen LogP contribution in [0.15, 0.2) is 64.2 Å². The van der Waals surface area contributed by atoms with Gasteiger partial charge in [-0.2, -0.15) is 0 Å². The van der Waals surface area contributed by atoms with Gasteiger partial charge < -0.3 is 14.6 Å². The normalized spacial score (nSPS) is 13.5. The molecule has 5 rings (SSSR count). The molecule has 0 saturated carbocycles.